The van der Waals surface area contributed by atoms with Crippen molar-refractivity contribution in [1.82, 2.24) is 0 Å². The second-order valence-corrected chi connectivity index (χ2v) is 3.09. The third kappa shape index (κ3) is 5.80. The first kappa shape index (κ1) is 7.80. The fourth-order valence-corrected chi connectivity index (χ4v) is 0.437. The summed E-state index contributed by atoms with van der Waals surface area (Å²) < 4.78 is 0. The van der Waals surface area contributed by atoms with Crippen LogP contribution in [0.4, 0.5) is 0 Å². The van der Waals surface area contributed by atoms with Gasteiger partial charge in [0.15, 0.2) is 0 Å². The van der Waals surface area contributed by atoms with Crippen LogP contribution in [-0.2, 0) is 0 Å². The van der Waals surface area contributed by atoms with E-state index in [-0.39, 0.29) is 0 Å². The van der Waals surface area contributed by atoms with Gasteiger partial charge in [-0.25, -0.2) is 0 Å². The highest BCUT2D eigenvalue weighted by Gasteiger charge is 2.08. The molecule has 0 saturated carbocycles. The average molecular weight is 109 g/mol. The lowest BCUT2D eigenvalue weighted by Crippen LogP contribution is -2.05. The SMILES string of the molecule is C=CC[B]C(C)(C)C. The first-order valence-electron chi connectivity index (χ1n) is 3.01. The van der Waals surface area contributed by atoms with E-state index in [1.165, 1.54) is 0 Å². The Morgan fingerprint density at radius 3 is 2.12 bits per heavy atom. The topological polar surface area (TPSA) is 0 Å². The van der Waals surface area contributed by atoms with Crippen LogP contribution in [-0.4, -0.2) is 7.28 Å². The Kier molecular flexibility index (Phi) is 2.89. The molecular weight excluding hydrogens is 94.9 g/mol. The Labute approximate surface area is 53.2 Å². The van der Waals surface area contributed by atoms with E-state index in [4.69, 9.17) is 0 Å². The standard InChI is InChI=1S/C7H14B/c1-5-6-8-7(2,3)4/h5H,1,6H2,2-4H3. The van der Waals surface area contributed by atoms with Gasteiger partial charge in [0.1, 0.15) is 7.28 Å². The van der Waals surface area contributed by atoms with Crippen molar-refractivity contribution in [2.24, 2.45) is 0 Å². The number of allylic oxidation sites excluding steroid dienone is 1. The van der Waals surface area contributed by atoms with Gasteiger partial charge in [-0.2, -0.15) is 0 Å². The summed E-state index contributed by atoms with van der Waals surface area (Å²) in [5.74, 6) is 0. The van der Waals surface area contributed by atoms with Crippen LogP contribution in [0.3, 0.4) is 0 Å². The van der Waals surface area contributed by atoms with Crippen LogP contribution < -0.4 is 0 Å². The van der Waals surface area contributed by atoms with Gasteiger partial charge in [-0.15, -0.1) is 6.58 Å². The Bertz CT molecular complexity index is 68.9. The largest absolute Gasteiger partial charge is 0.121 e. The third-order valence-corrected chi connectivity index (χ3v) is 0.897. The van der Waals surface area contributed by atoms with E-state index in [1.807, 2.05) is 6.08 Å². The molecule has 0 aliphatic heterocycles. The summed E-state index contributed by atoms with van der Waals surface area (Å²) >= 11 is 0. The van der Waals surface area contributed by atoms with Crippen molar-refractivity contribution in [1.29, 1.82) is 0 Å². The van der Waals surface area contributed by atoms with Crippen molar-refractivity contribution in [3.8, 4) is 0 Å². The summed E-state index contributed by atoms with van der Waals surface area (Å²) in [6.07, 6.45) is 2.94. The second kappa shape index (κ2) is 2.96. The minimum Gasteiger partial charge on any atom is -0.104 e. The minimum absolute atomic E-state index is 0.355. The van der Waals surface area contributed by atoms with Crippen LogP contribution in [0.2, 0.25) is 11.6 Å². The van der Waals surface area contributed by atoms with Crippen molar-refractivity contribution in [3.05, 3.63) is 12.7 Å². The predicted octanol–water partition coefficient (Wildman–Crippen LogP) is 2.51. The van der Waals surface area contributed by atoms with E-state index >= 15 is 0 Å². The lowest BCUT2D eigenvalue weighted by molar-refractivity contribution is 0.752. The van der Waals surface area contributed by atoms with Crippen molar-refractivity contribution in [2.75, 3.05) is 0 Å². The highest BCUT2D eigenvalue weighted by molar-refractivity contribution is 6.40. The van der Waals surface area contributed by atoms with Crippen molar-refractivity contribution in [3.63, 3.8) is 0 Å². The van der Waals surface area contributed by atoms with E-state index in [9.17, 15) is 0 Å². The van der Waals surface area contributed by atoms with Gasteiger partial charge in [0.2, 0.25) is 0 Å². The highest BCUT2D eigenvalue weighted by Crippen LogP contribution is 2.21. The zero-order chi connectivity index (χ0) is 6.62. The Morgan fingerprint density at radius 2 is 2.00 bits per heavy atom. The molecule has 0 aliphatic carbocycles. The van der Waals surface area contributed by atoms with Gasteiger partial charge in [0, 0.05) is 0 Å². The molecule has 0 rings (SSSR count). The van der Waals surface area contributed by atoms with Crippen molar-refractivity contribution >= 4 is 7.28 Å². The zero-order valence-corrected chi connectivity index (χ0v) is 6.07. The van der Waals surface area contributed by atoms with Gasteiger partial charge in [0.05, 0.1) is 0 Å². The zero-order valence-electron chi connectivity index (χ0n) is 6.07. The molecule has 0 fully saturated rings. The molecule has 0 amide bonds. The maximum absolute atomic E-state index is 3.63. The molecule has 45 valence electrons. The molecule has 0 aromatic carbocycles. The molecule has 0 nitrogen and oxygen atoms in total. The van der Waals surface area contributed by atoms with E-state index in [1.54, 1.807) is 0 Å². The second-order valence-electron chi connectivity index (χ2n) is 3.09. The first-order valence-corrected chi connectivity index (χ1v) is 3.01. The van der Waals surface area contributed by atoms with Crippen LogP contribution in [0, 0.1) is 0 Å². The average Bonchev–Trinajstić information content (AvgIpc) is 1.59. The molecule has 0 aliphatic rings. The summed E-state index contributed by atoms with van der Waals surface area (Å²) in [6.45, 7) is 10.2. The minimum atomic E-state index is 0.355. The summed E-state index contributed by atoms with van der Waals surface area (Å²) in [5, 5.41) is 0.355. The summed E-state index contributed by atoms with van der Waals surface area (Å²) in [6, 6.07) is 0. The molecule has 0 heterocycles. The molecule has 0 bridgehead atoms. The molecule has 0 spiro atoms. The number of rotatable bonds is 2. The molecule has 0 aromatic heterocycles. The predicted molar refractivity (Wildman–Crippen MR) is 40.5 cm³/mol. The molecule has 0 aromatic rings. The van der Waals surface area contributed by atoms with E-state index in [0.717, 1.165) is 6.32 Å². The van der Waals surface area contributed by atoms with Gasteiger partial charge >= 0.3 is 0 Å². The lowest BCUT2D eigenvalue weighted by Gasteiger charge is -2.14. The van der Waals surface area contributed by atoms with Gasteiger partial charge in [0.25, 0.3) is 0 Å². The number of hydrogen-bond acceptors (Lipinski definition) is 0. The monoisotopic (exact) mass is 109 g/mol. The van der Waals surface area contributed by atoms with Crippen molar-refractivity contribution < 1.29 is 0 Å². The van der Waals surface area contributed by atoms with Crippen molar-refractivity contribution in [2.45, 2.75) is 32.4 Å². The van der Waals surface area contributed by atoms with E-state index < -0.39 is 0 Å². The molecule has 8 heavy (non-hydrogen) atoms. The highest BCUT2D eigenvalue weighted by atomic mass is 14.0. The van der Waals surface area contributed by atoms with Crippen LogP contribution in [0.1, 0.15) is 20.8 Å². The van der Waals surface area contributed by atoms with Gasteiger partial charge in [-0.1, -0.05) is 38.5 Å². The Morgan fingerprint density at radius 1 is 1.50 bits per heavy atom. The molecule has 0 atom stereocenters. The third-order valence-electron chi connectivity index (χ3n) is 0.897. The maximum Gasteiger partial charge on any atom is 0.121 e. The molecule has 0 saturated heterocycles. The summed E-state index contributed by atoms with van der Waals surface area (Å²) in [5.41, 5.74) is 0. The van der Waals surface area contributed by atoms with Gasteiger partial charge in [-0.3, -0.25) is 0 Å². The number of hydrogen-bond donors (Lipinski definition) is 0. The Balaban J connectivity index is 3.24. The molecular formula is C7H14B. The fourth-order valence-electron chi connectivity index (χ4n) is 0.437. The van der Waals surface area contributed by atoms with Crippen LogP contribution in [0.25, 0.3) is 0 Å². The van der Waals surface area contributed by atoms with Crippen LogP contribution in [0.15, 0.2) is 12.7 Å². The molecule has 0 N–H and O–H groups in total. The van der Waals surface area contributed by atoms with Gasteiger partial charge in [-0.05, 0) is 0 Å². The summed E-state index contributed by atoms with van der Waals surface area (Å²) in [4.78, 5) is 0. The molecule has 0 unspecified atom stereocenters. The quantitative estimate of drug-likeness (QED) is 0.377. The molecule has 1 radical (unpaired) electrons. The smallest absolute Gasteiger partial charge is 0.104 e. The van der Waals surface area contributed by atoms with Crippen LogP contribution >= 0.6 is 0 Å². The lowest BCUT2D eigenvalue weighted by atomic mass is 9.53. The molecule has 1 heteroatoms. The fraction of sp³-hybridized carbons (Fsp3) is 0.714. The van der Waals surface area contributed by atoms with E-state index in [0.29, 0.717) is 5.31 Å². The van der Waals surface area contributed by atoms with Crippen LogP contribution in [0.5, 0.6) is 0 Å². The first-order chi connectivity index (χ1) is 3.56. The Hall–Kier alpha value is -0.195. The van der Waals surface area contributed by atoms with Gasteiger partial charge < -0.3 is 0 Å². The normalized spacial score (nSPS) is 10.9. The summed E-state index contributed by atoms with van der Waals surface area (Å²) in [7, 11) is 2.25. The van der Waals surface area contributed by atoms with E-state index in [2.05, 4.69) is 34.6 Å². The maximum atomic E-state index is 3.63.